The molecule has 0 aromatic carbocycles. The van der Waals surface area contributed by atoms with E-state index < -0.39 is 5.91 Å². The summed E-state index contributed by atoms with van der Waals surface area (Å²) in [7, 11) is 0. The average molecular weight is 358 g/mol. The van der Waals surface area contributed by atoms with Gasteiger partial charge in [0.05, 0.1) is 0 Å². The Morgan fingerprint density at radius 1 is 1.36 bits per heavy atom. The van der Waals surface area contributed by atoms with Crippen molar-refractivity contribution in [1.82, 2.24) is 23.8 Å². The van der Waals surface area contributed by atoms with Crippen LogP contribution in [0.15, 0.2) is 30.2 Å². The van der Waals surface area contributed by atoms with Gasteiger partial charge in [-0.1, -0.05) is 0 Å². The Hall–Kier alpha value is -2.68. The van der Waals surface area contributed by atoms with Crippen molar-refractivity contribution < 1.29 is 9.59 Å². The minimum Gasteiger partial charge on any atom is -0.368 e. The van der Waals surface area contributed by atoms with Gasteiger partial charge in [-0.05, 0) is 12.8 Å². The van der Waals surface area contributed by atoms with E-state index in [1.165, 1.54) is 11.3 Å². The number of carbonyl (C=O) groups excluding carboxylic acids is 2. The van der Waals surface area contributed by atoms with Crippen molar-refractivity contribution >= 4 is 28.1 Å². The zero-order valence-electron chi connectivity index (χ0n) is 13.5. The van der Waals surface area contributed by atoms with Crippen molar-refractivity contribution in [3.8, 4) is 0 Å². The second kappa shape index (κ2) is 6.32. The van der Waals surface area contributed by atoms with Crippen LogP contribution < -0.4 is 5.73 Å². The molecule has 8 nitrogen and oxygen atoms in total. The number of primary amides is 1. The first-order valence-corrected chi connectivity index (χ1v) is 9.00. The van der Waals surface area contributed by atoms with Gasteiger partial charge >= 0.3 is 0 Å². The van der Waals surface area contributed by atoms with E-state index in [0.717, 1.165) is 23.6 Å². The molecule has 1 atom stereocenters. The van der Waals surface area contributed by atoms with Crippen LogP contribution >= 0.6 is 11.3 Å². The molecule has 0 spiro atoms. The second-order valence-electron chi connectivity index (χ2n) is 6.19. The van der Waals surface area contributed by atoms with E-state index in [1.807, 2.05) is 20.9 Å². The second-order valence-corrected chi connectivity index (χ2v) is 7.06. The molecule has 1 aliphatic heterocycles. The fraction of sp³-hybridized carbons (Fsp3) is 0.375. The number of carbonyl (C=O) groups is 2. The van der Waals surface area contributed by atoms with E-state index in [-0.39, 0.29) is 18.4 Å². The third-order valence-corrected chi connectivity index (χ3v) is 5.23. The lowest BCUT2D eigenvalue weighted by Crippen LogP contribution is -2.40. The number of imidazole rings is 2. The monoisotopic (exact) mass is 358 g/mol. The summed E-state index contributed by atoms with van der Waals surface area (Å²) in [6, 6.07) is 0. The number of amides is 2. The molecule has 25 heavy (non-hydrogen) atoms. The van der Waals surface area contributed by atoms with Crippen molar-refractivity contribution in [2.24, 2.45) is 5.73 Å². The Morgan fingerprint density at radius 3 is 3.04 bits per heavy atom. The Labute approximate surface area is 147 Å². The lowest BCUT2D eigenvalue weighted by molar-refractivity contribution is -0.118. The van der Waals surface area contributed by atoms with Crippen molar-refractivity contribution in [2.75, 3.05) is 13.1 Å². The van der Waals surface area contributed by atoms with Crippen molar-refractivity contribution in [2.45, 2.75) is 25.3 Å². The lowest BCUT2D eigenvalue weighted by Gasteiger charge is -2.32. The standard InChI is InChI=1S/C16H18N6O2S/c17-13(23)10-20-5-3-18-14(20)11-2-1-4-21(8-11)15(24)12-9-22-6-7-25-16(22)19-12/h3,5-7,9,11H,1-2,4,8,10H2,(H2,17,23). The molecule has 1 aliphatic rings. The summed E-state index contributed by atoms with van der Waals surface area (Å²) in [4.78, 5) is 35.4. The van der Waals surface area contributed by atoms with Gasteiger partial charge in [-0.2, -0.15) is 0 Å². The summed E-state index contributed by atoms with van der Waals surface area (Å²) in [5.74, 6) is 0.438. The molecule has 9 heteroatoms. The molecule has 2 N–H and O–H groups in total. The van der Waals surface area contributed by atoms with Crippen LogP contribution in [-0.4, -0.2) is 48.7 Å². The number of rotatable bonds is 4. The van der Waals surface area contributed by atoms with Crippen LogP contribution in [-0.2, 0) is 11.3 Å². The predicted octanol–water partition coefficient (Wildman–Crippen LogP) is 1.10. The van der Waals surface area contributed by atoms with Crippen LogP contribution in [0.2, 0.25) is 0 Å². The first kappa shape index (κ1) is 15.8. The van der Waals surface area contributed by atoms with Gasteiger partial charge in [0.25, 0.3) is 5.91 Å². The zero-order valence-corrected chi connectivity index (χ0v) is 14.4. The van der Waals surface area contributed by atoms with Gasteiger partial charge in [0.15, 0.2) is 4.96 Å². The summed E-state index contributed by atoms with van der Waals surface area (Å²) in [6.45, 7) is 1.38. The molecule has 0 radical (unpaired) electrons. The molecule has 1 unspecified atom stereocenters. The van der Waals surface area contributed by atoms with Gasteiger partial charge in [-0.3, -0.25) is 14.0 Å². The number of nitrogens with two attached hydrogens (primary N) is 1. The van der Waals surface area contributed by atoms with Crippen LogP contribution in [0.5, 0.6) is 0 Å². The molecule has 1 saturated heterocycles. The van der Waals surface area contributed by atoms with Gasteiger partial charge in [-0.15, -0.1) is 11.3 Å². The van der Waals surface area contributed by atoms with Crippen LogP contribution in [0.25, 0.3) is 4.96 Å². The molecular formula is C16H18N6O2S. The van der Waals surface area contributed by atoms with Gasteiger partial charge < -0.3 is 15.2 Å². The molecule has 0 saturated carbocycles. The Bertz CT molecular complexity index is 898. The molecule has 1 fully saturated rings. The van der Waals surface area contributed by atoms with Crippen LogP contribution in [0.1, 0.15) is 35.1 Å². The maximum absolute atomic E-state index is 12.8. The molecule has 4 rings (SSSR count). The topological polar surface area (TPSA) is 98.5 Å². The molecule has 130 valence electrons. The van der Waals surface area contributed by atoms with E-state index in [9.17, 15) is 9.59 Å². The Balaban J connectivity index is 1.52. The number of fused-ring (bicyclic) bond motifs is 1. The largest absolute Gasteiger partial charge is 0.368 e. The molecule has 4 heterocycles. The first-order chi connectivity index (χ1) is 12.1. The van der Waals surface area contributed by atoms with E-state index >= 15 is 0 Å². The molecule has 3 aromatic rings. The Kier molecular flexibility index (Phi) is 4.00. The third-order valence-electron chi connectivity index (χ3n) is 4.46. The zero-order chi connectivity index (χ0) is 17.4. The minimum absolute atomic E-state index is 0.0615. The summed E-state index contributed by atoms with van der Waals surface area (Å²) in [5, 5.41) is 1.94. The minimum atomic E-state index is -0.402. The van der Waals surface area contributed by atoms with Gasteiger partial charge in [0.2, 0.25) is 5.91 Å². The summed E-state index contributed by atoms with van der Waals surface area (Å²) >= 11 is 1.50. The highest BCUT2D eigenvalue weighted by Crippen LogP contribution is 2.27. The Morgan fingerprint density at radius 2 is 2.24 bits per heavy atom. The number of hydrogen-bond acceptors (Lipinski definition) is 5. The van der Waals surface area contributed by atoms with Gasteiger partial charge in [0, 0.05) is 49.2 Å². The lowest BCUT2D eigenvalue weighted by atomic mass is 9.97. The fourth-order valence-corrected chi connectivity index (χ4v) is 4.05. The van der Waals surface area contributed by atoms with Crippen molar-refractivity contribution in [1.29, 1.82) is 0 Å². The van der Waals surface area contributed by atoms with E-state index in [4.69, 9.17) is 5.73 Å². The normalized spacial score (nSPS) is 17.9. The third kappa shape index (κ3) is 3.02. The van der Waals surface area contributed by atoms with Crippen molar-refractivity contribution in [3.63, 3.8) is 0 Å². The molecule has 0 aliphatic carbocycles. The number of hydrogen-bond donors (Lipinski definition) is 1. The summed E-state index contributed by atoms with van der Waals surface area (Å²) in [5.41, 5.74) is 5.76. The van der Waals surface area contributed by atoms with E-state index in [2.05, 4.69) is 9.97 Å². The number of thiazole rings is 1. The van der Waals surface area contributed by atoms with Gasteiger partial charge in [0.1, 0.15) is 18.1 Å². The number of aromatic nitrogens is 4. The molecular weight excluding hydrogens is 340 g/mol. The number of likely N-dealkylation sites (tertiary alicyclic amines) is 1. The fourth-order valence-electron chi connectivity index (χ4n) is 3.35. The highest BCUT2D eigenvalue weighted by Gasteiger charge is 2.29. The molecule has 0 bridgehead atoms. The highest BCUT2D eigenvalue weighted by molar-refractivity contribution is 7.15. The molecule has 3 aromatic heterocycles. The maximum Gasteiger partial charge on any atom is 0.274 e. The van der Waals surface area contributed by atoms with Crippen molar-refractivity contribution in [3.05, 3.63) is 41.7 Å². The van der Waals surface area contributed by atoms with Crippen LogP contribution in [0.4, 0.5) is 0 Å². The van der Waals surface area contributed by atoms with Gasteiger partial charge in [-0.25, -0.2) is 9.97 Å². The van der Waals surface area contributed by atoms with Crippen LogP contribution in [0, 0.1) is 0 Å². The average Bonchev–Trinajstić information content (AvgIpc) is 3.29. The predicted molar refractivity (Wildman–Crippen MR) is 92.4 cm³/mol. The SMILES string of the molecule is NC(=O)Cn1ccnc1C1CCCN(C(=O)c2cn3ccsc3n2)C1. The van der Waals surface area contributed by atoms with E-state index in [0.29, 0.717) is 18.8 Å². The summed E-state index contributed by atoms with van der Waals surface area (Å²) in [6.07, 6.45) is 8.90. The molecule has 2 amide bonds. The smallest absolute Gasteiger partial charge is 0.274 e. The quantitative estimate of drug-likeness (QED) is 0.755. The highest BCUT2D eigenvalue weighted by atomic mass is 32.1. The summed E-state index contributed by atoms with van der Waals surface area (Å²) < 4.78 is 3.63. The number of nitrogens with zero attached hydrogens (tertiary/aromatic N) is 5. The number of piperidine rings is 1. The maximum atomic E-state index is 12.8. The van der Waals surface area contributed by atoms with E-state index in [1.54, 1.807) is 23.2 Å². The van der Waals surface area contributed by atoms with Crippen LogP contribution in [0.3, 0.4) is 0 Å². The first-order valence-electron chi connectivity index (χ1n) is 8.12.